The van der Waals surface area contributed by atoms with Crippen LogP contribution in [0.3, 0.4) is 0 Å². The summed E-state index contributed by atoms with van der Waals surface area (Å²) >= 11 is 0. The maximum absolute atomic E-state index is 12.8. The summed E-state index contributed by atoms with van der Waals surface area (Å²) in [5.74, 6) is 0. The fourth-order valence-corrected chi connectivity index (χ4v) is 4.73. The number of halogens is 4. The van der Waals surface area contributed by atoms with E-state index >= 15 is 0 Å². The first kappa shape index (κ1) is 23.3. The summed E-state index contributed by atoms with van der Waals surface area (Å²) in [4.78, 5) is 2.33. The molecule has 0 radical (unpaired) electrons. The van der Waals surface area contributed by atoms with Crippen molar-refractivity contribution in [3.63, 3.8) is 0 Å². The Morgan fingerprint density at radius 1 is 0.697 bits per heavy atom. The molecule has 1 aliphatic carbocycles. The molecule has 1 saturated heterocycles. The number of rotatable bonds is 2. The highest BCUT2D eigenvalue weighted by atomic mass is 35.5. The lowest BCUT2D eigenvalue weighted by Crippen LogP contribution is -2.30. The minimum atomic E-state index is -4.29. The molecule has 5 rings (SSSR count). The van der Waals surface area contributed by atoms with E-state index in [9.17, 15) is 13.2 Å². The Morgan fingerprint density at radius 3 is 1.73 bits per heavy atom. The summed E-state index contributed by atoms with van der Waals surface area (Å²) in [5, 5.41) is 0. The van der Waals surface area contributed by atoms with Gasteiger partial charge in [0.15, 0.2) is 0 Å². The Morgan fingerprint density at radius 2 is 1.21 bits per heavy atom. The molecule has 170 valence electrons. The number of piperidine rings is 1. The number of likely N-dealkylation sites (tertiary alicyclic amines) is 1. The average molecular weight is 468 g/mol. The van der Waals surface area contributed by atoms with E-state index in [-0.39, 0.29) is 12.4 Å². The fourth-order valence-electron chi connectivity index (χ4n) is 4.73. The number of benzene rings is 3. The molecular weight excluding hydrogens is 443 g/mol. The molecule has 0 unspecified atom stereocenters. The van der Waals surface area contributed by atoms with Crippen LogP contribution in [0, 0.1) is 0 Å². The van der Waals surface area contributed by atoms with Gasteiger partial charge in [-0.25, -0.2) is 0 Å². The Balaban J connectivity index is 0.00000259. The molecule has 0 N–H and O–H groups in total. The van der Waals surface area contributed by atoms with Crippen molar-refractivity contribution in [3.05, 3.63) is 112 Å². The first-order valence-electron chi connectivity index (χ1n) is 11.0. The number of alkyl halides is 3. The SMILES string of the molecule is Cl.FC(F)(F)c1ccc(CN2CCC(=C3c4ccccc4C=Cc4ccccc43)CC2)cc1. The van der Waals surface area contributed by atoms with Crippen molar-refractivity contribution >= 4 is 30.1 Å². The molecule has 33 heavy (non-hydrogen) atoms. The minimum Gasteiger partial charge on any atom is -0.298 e. The van der Waals surface area contributed by atoms with Crippen LogP contribution in [-0.4, -0.2) is 18.0 Å². The van der Waals surface area contributed by atoms with E-state index < -0.39 is 11.7 Å². The molecular formula is C28H25ClF3N. The average Bonchev–Trinajstić information content (AvgIpc) is 2.96. The summed E-state index contributed by atoms with van der Waals surface area (Å²) in [6, 6.07) is 22.6. The van der Waals surface area contributed by atoms with E-state index in [0.29, 0.717) is 6.54 Å². The van der Waals surface area contributed by atoms with Crippen molar-refractivity contribution in [2.24, 2.45) is 0 Å². The molecule has 1 nitrogen and oxygen atoms in total. The van der Waals surface area contributed by atoms with Gasteiger partial charge in [-0.1, -0.05) is 78.4 Å². The standard InChI is InChI=1S/C28H24F3N.ClH/c29-28(30,31)24-13-9-20(10-14-24)19-32-17-15-23(16-18-32)27-25-7-3-1-5-21(25)11-12-22-6-2-4-8-26(22)27;/h1-14H,15-19H2;1H. The second-order valence-electron chi connectivity index (χ2n) is 8.46. The molecule has 0 bridgehead atoms. The third-order valence-electron chi connectivity index (χ3n) is 6.40. The predicted molar refractivity (Wildman–Crippen MR) is 131 cm³/mol. The summed E-state index contributed by atoms with van der Waals surface area (Å²) in [7, 11) is 0. The van der Waals surface area contributed by atoms with Gasteiger partial charge < -0.3 is 0 Å². The summed E-state index contributed by atoms with van der Waals surface area (Å²) in [6.07, 6.45) is 2.02. The third kappa shape index (κ3) is 4.92. The van der Waals surface area contributed by atoms with Crippen LogP contribution >= 0.6 is 12.4 Å². The molecule has 5 heteroatoms. The topological polar surface area (TPSA) is 3.24 Å². The van der Waals surface area contributed by atoms with Crippen LogP contribution in [0.15, 0.2) is 78.4 Å². The van der Waals surface area contributed by atoms with Crippen LogP contribution in [0.4, 0.5) is 13.2 Å². The Hall–Kier alpha value is -2.82. The van der Waals surface area contributed by atoms with E-state index in [1.54, 1.807) is 12.1 Å². The van der Waals surface area contributed by atoms with Gasteiger partial charge in [0.25, 0.3) is 0 Å². The lowest BCUT2D eigenvalue weighted by molar-refractivity contribution is -0.137. The lowest BCUT2D eigenvalue weighted by atomic mass is 9.86. The molecule has 3 aromatic rings. The maximum atomic E-state index is 12.8. The van der Waals surface area contributed by atoms with Gasteiger partial charge in [-0.3, -0.25) is 4.90 Å². The van der Waals surface area contributed by atoms with Crippen molar-refractivity contribution in [1.29, 1.82) is 0 Å². The second-order valence-corrected chi connectivity index (χ2v) is 8.46. The van der Waals surface area contributed by atoms with Crippen molar-refractivity contribution in [2.75, 3.05) is 13.1 Å². The van der Waals surface area contributed by atoms with Gasteiger partial charge in [-0.15, -0.1) is 12.4 Å². The molecule has 1 aliphatic heterocycles. The minimum absolute atomic E-state index is 0. The largest absolute Gasteiger partial charge is 0.416 e. The van der Waals surface area contributed by atoms with Crippen molar-refractivity contribution in [2.45, 2.75) is 25.6 Å². The molecule has 1 heterocycles. The van der Waals surface area contributed by atoms with E-state index in [1.807, 2.05) is 0 Å². The predicted octanol–water partition coefficient (Wildman–Crippen LogP) is 7.71. The number of hydrogen-bond donors (Lipinski definition) is 0. The molecule has 1 fully saturated rings. The number of nitrogens with zero attached hydrogens (tertiary/aromatic N) is 1. The van der Waals surface area contributed by atoms with Gasteiger partial charge in [0, 0.05) is 19.6 Å². The quantitative estimate of drug-likeness (QED) is 0.292. The van der Waals surface area contributed by atoms with Crippen molar-refractivity contribution in [3.8, 4) is 0 Å². The van der Waals surface area contributed by atoms with Gasteiger partial charge in [0.05, 0.1) is 5.56 Å². The zero-order chi connectivity index (χ0) is 22.1. The molecule has 2 aliphatic rings. The highest BCUT2D eigenvalue weighted by Gasteiger charge is 2.30. The molecule has 3 aromatic carbocycles. The summed E-state index contributed by atoms with van der Waals surface area (Å²) in [6.45, 7) is 2.48. The molecule has 0 saturated carbocycles. The number of fused-ring (bicyclic) bond motifs is 2. The van der Waals surface area contributed by atoms with Crippen molar-refractivity contribution in [1.82, 2.24) is 4.90 Å². The highest BCUT2D eigenvalue weighted by molar-refractivity contribution is 5.94. The van der Waals surface area contributed by atoms with Gasteiger partial charge in [-0.05, 0) is 58.4 Å². The van der Waals surface area contributed by atoms with E-state index in [2.05, 4.69) is 65.6 Å². The van der Waals surface area contributed by atoms with E-state index in [0.717, 1.165) is 31.5 Å². The van der Waals surface area contributed by atoms with E-state index in [1.165, 1.54) is 45.5 Å². The second kappa shape index (κ2) is 9.58. The molecule has 0 spiro atoms. The molecule has 0 amide bonds. The zero-order valence-electron chi connectivity index (χ0n) is 18.1. The summed E-state index contributed by atoms with van der Waals surface area (Å²) < 4.78 is 38.5. The van der Waals surface area contributed by atoms with Crippen LogP contribution in [-0.2, 0) is 12.7 Å². The molecule has 0 aromatic heterocycles. The van der Waals surface area contributed by atoms with Crippen LogP contribution in [0.1, 0.15) is 46.2 Å². The Kier molecular flexibility index (Phi) is 6.78. The van der Waals surface area contributed by atoms with Crippen LogP contribution in [0.25, 0.3) is 17.7 Å². The van der Waals surface area contributed by atoms with Crippen LogP contribution in [0.5, 0.6) is 0 Å². The third-order valence-corrected chi connectivity index (χ3v) is 6.40. The zero-order valence-corrected chi connectivity index (χ0v) is 18.9. The normalized spacial score (nSPS) is 16.0. The van der Waals surface area contributed by atoms with Gasteiger partial charge in [0.1, 0.15) is 0 Å². The van der Waals surface area contributed by atoms with Crippen LogP contribution in [0.2, 0.25) is 0 Å². The summed E-state index contributed by atoms with van der Waals surface area (Å²) in [5.41, 5.74) is 8.15. The van der Waals surface area contributed by atoms with Gasteiger partial charge in [-0.2, -0.15) is 13.2 Å². The number of hydrogen-bond acceptors (Lipinski definition) is 1. The molecule has 0 atom stereocenters. The first-order valence-corrected chi connectivity index (χ1v) is 11.0. The van der Waals surface area contributed by atoms with Gasteiger partial charge >= 0.3 is 6.18 Å². The monoisotopic (exact) mass is 467 g/mol. The fraction of sp³-hybridized carbons (Fsp3) is 0.214. The maximum Gasteiger partial charge on any atom is 0.416 e. The highest BCUT2D eigenvalue weighted by Crippen LogP contribution is 2.39. The Labute approximate surface area is 198 Å². The van der Waals surface area contributed by atoms with Crippen molar-refractivity contribution < 1.29 is 13.2 Å². The van der Waals surface area contributed by atoms with E-state index in [4.69, 9.17) is 0 Å². The first-order chi connectivity index (χ1) is 15.5. The van der Waals surface area contributed by atoms with Gasteiger partial charge in [0.2, 0.25) is 0 Å². The Bertz CT molecular complexity index is 1130. The van der Waals surface area contributed by atoms with Crippen LogP contribution < -0.4 is 0 Å². The smallest absolute Gasteiger partial charge is 0.298 e. The lowest BCUT2D eigenvalue weighted by Gasteiger charge is -2.30.